The van der Waals surface area contributed by atoms with Crippen LogP contribution in [0, 0.1) is 16.6 Å². The van der Waals surface area contributed by atoms with Crippen LogP contribution in [0.25, 0.3) is 10.9 Å². The molecule has 0 aliphatic carbocycles. The number of carbonyl (C=O) groups is 1. The van der Waals surface area contributed by atoms with Gasteiger partial charge in [-0.1, -0.05) is 30.0 Å². The molecule has 0 saturated heterocycles. The highest BCUT2D eigenvalue weighted by Gasteiger charge is 2.10. The monoisotopic (exact) mass is 407 g/mol. The molecule has 29 heavy (non-hydrogen) atoms. The smallest absolute Gasteiger partial charge is 0.262 e. The van der Waals surface area contributed by atoms with Crippen LogP contribution in [0.2, 0.25) is 0 Å². The second-order valence-corrected chi connectivity index (χ2v) is 6.73. The Morgan fingerprint density at radius 3 is 2.79 bits per heavy atom. The summed E-state index contributed by atoms with van der Waals surface area (Å²) >= 11 is 5.31. The van der Waals surface area contributed by atoms with Gasteiger partial charge >= 0.3 is 0 Å². The molecule has 2 aromatic carbocycles. The third-order valence-electron chi connectivity index (χ3n) is 4.32. The van der Waals surface area contributed by atoms with E-state index in [4.69, 9.17) is 17.0 Å². The van der Waals surface area contributed by atoms with Gasteiger partial charge in [0.05, 0.1) is 17.4 Å². The molecule has 1 heterocycles. The van der Waals surface area contributed by atoms with Gasteiger partial charge < -0.3 is 15.0 Å². The van der Waals surface area contributed by atoms with Crippen molar-refractivity contribution in [2.45, 2.75) is 13.0 Å². The first-order chi connectivity index (χ1) is 14.1. The highest BCUT2D eigenvalue weighted by atomic mass is 32.1. The molecule has 0 bridgehead atoms. The Labute approximate surface area is 173 Å². The lowest BCUT2D eigenvalue weighted by atomic mass is 10.1. The van der Waals surface area contributed by atoms with Crippen LogP contribution in [0.5, 0.6) is 0 Å². The van der Waals surface area contributed by atoms with Gasteiger partial charge in [-0.15, -0.1) is 0 Å². The number of hydrogen-bond donors (Lipinski definition) is 2. The predicted molar refractivity (Wildman–Crippen MR) is 116 cm³/mol. The highest BCUT2D eigenvalue weighted by Crippen LogP contribution is 2.11. The van der Waals surface area contributed by atoms with Crippen molar-refractivity contribution < 1.29 is 9.53 Å². The molecule has 148 valence electrons. The number of carbonyl (C=O) groups excluding carboxylic acids is 1. The number of aromatic amines is 1. The summed E-state index contributed by atoms with van der Waals surface area (Å²) in [5.41, 5.74) is 1.68. The first-order valence-corrected chi connectivity index (χ1v) is 9.59. The van der Waals surface area contributed by atoms with Crippen molar-refractivity contribution >= 4 is 29.0 Å². The first kappa shape index (κ1) is 20.5. The van der Waals surface area contributed by atoms with Crippen molar-refractivity contribution in [2.75, 3.05) is 20.3 Å². The number of nitrogens with zero attached hydrogens (tertiary/aromatic N) is 1. The van der Waals surface area contributed by atoms with Crippen molar-refractivity contribution in [3.8, 4) is 11.8 Å². The van der Waals surface area contributed by atoms with E-state index in [1.807, 2.05) is 30.3 Å². The quantitative estimate of drug-likeness (QED) is 0.374. The summed E-state index contributed by atoms with van der Waals surface area (Å²) in [4.78, 5) is 28.1. The zero-order valence-electron chi connectivity index (χ0n) is 16.0. The summed E-state index contributed by atoms with van der Waals surface area (Å²) in [5.74, 6) is 5.64. The molecule has 0 radical (unpaired) electrons. The Balaban J connectivity index is 1.74. The van der Waals surface area contributed by atoms with E-state index in [9.17, 15) is 9.59 Å². The summed E-state index contributed by atoms with van der Waals surface area (Å²) < 4.78 is 6.86. The van der Waals surface area contributed by atoms with Gasteiger partial charge in [0.1, 0.15) is 0 Å². The number of benzene rings is 2. The lowest BCUT2D eigenvalue weighted by molar-refractivity contribution is 0.0959. The molecule has 3 aromatic rings. The van der Waals surface area contributed by atoms with Gasteiger partial charge in [-0.25, -0.2) is 0 Å². The number of fused-ring (bicyclic) bond motifs is 1. The van der Waals surface area contributed by atoms with E-state index in [1.54, 1.807) is 25.3 Å². The second-order valence-electron chi connectivity index (χ2n) is 6.34. The number of H-pyrrole nitrogens is 1. The molecule has 2 N–H and O–H groups in total. The fourth-order valence-corrected chi connectivity index (χ4v) is 3.14. The van der Waals surface area contributed by atoms with Crippen LogP contribution in [0.1, 0.15) is 22.3 Å². The number of amides is 1. The fraction of sp³-hybridized carbons (Fsp3) is 0.227. The largest absolute Gasteiger partial charge is 0.385 e. The highest BCUT2D eigenvalue weighted by molar-refractivity contribution is 7.71. The van der Waals surface area contributed by atoms with Crippen LogP contribution in [0.4, 0.5) is 0 Å². The summed E-state index contributed by atoms with van der Waals surface area (Å²) in [7, 11) is 1.61. The maximum absolute atomic E-state index is 12.7. The van der Waals surface area contributed by atoms with Crippen molar-refractivity contribution in [3.63, 3.8) is 0 Å². The molecule has 1 amide bonds. The number of hydrogen-bond acceptors (Lipinski definition) is 4. The van der Waals surface area contributed by atoms with E-state index in [1.165, 1.54) is 4.57 Å². The number of nitrogens with one attached hydrogen (secondary N) is 2. The Hall–Kier alpha value is -3.21. The third-order valence-corrected chi connectivity index (χ3v) is 4.64. The summed E-state index contributed by atoms with van der Waals surface area (Å²) in [6.07, 6.45) is 0.684. The Kier molecular flexibility index (Phi) is 6.95. The van der Waals surface area contributed by atoms with Crippen LogP contribution in [-0.2, 0) is 11.3 Å². The number of methoxy groups -OCH3 is 1. The lowest BCUT2D eigenvalue weighted by Crippen LogP contribution is -2.25. The molecule has 0 aliphatic heterocycles. The molecule has 0 spiro atoms. The van der Waals surface area contributed by atoms with Crippen molar-refractivity contribution in [2.24, 2.45) is 0 Å². The maximum Gasteiger partial charge on any atom is 0.262 e. The SMILES string of the molecule is COCCCn1c(=S)[nH]c2cc(C(=O)NCC#Cc3ccccc3)ccc2c1=O. The van der Waals surface area contributed by atoms with E-state index in [0.717, 1.165) is 5.56 Å². The Morgan fingerprint density at radius 1 is 1.24 bits per heavy atom. The van der Waals surface area contributed by atoms with Crippen LogP contribution in [0.15, 0.2) is 53.3 Å². The summed E-state index contributed by atoms with van der Waals surface area (Å²) in [5, 5.41) is 3.24. The van der Waals surface area contributed by atoms with Gasteiger partial charge in [0.25, 0.3) is 11.5 Å². The van der Waals surface area contributed by atoms with Crippen LogP contribution in [-0.4, -0.2) is 35.7 Å². The van der Waals surface area contributed by atoms with Gasteiger partial charge in [-0.3, -0.25) is 14.2 Å². The standard InChI is InChI=1S/C22H21N3O3S/c1-28-14-6-13-25-21(27)18-11-10-17(15-19(18)24-22(25)29)20(26)23-12-5-9-16-7-3-2-4-8-16/h2-4,7-8,10-11,15H,6,12-14H2,1H3,(H,23,26)(H,24,29). The molecule has 7 heteroatoms. The Bertz CT molecular complexity index is 1190. The zero-order chi connectivity index (χ0) is 20.6. The van der Waals surface area contributed by atoms with Crippen LogP contribution >= 0.6 is 12.2 Å². The number of ether oxygens (including phenoxy) is 1. The Morgan fingerprint density at radius 2 is 2.03 bits per heavy atom. The van der Waals surface area contributed by atoms with Gasteiger partial charge in [0, 0.05) is 31.4 Å². The molecule has 0 atom stereocenters. The van der Waals surface area contributed by atoms with E-state index < -0.39 is 0 Å². The normalized spacial score (nSPS) is 10.4. The van der Waals surface area contributed by atoms with Gasteiger partial charge in [0.15, 0.2) is 4.77 Å². The van der Waals surface area contributed by atoms with Gasteiger partial charge in [-0.2, -0.15) is 0 Å². The van der Waals surface area contributed by atoms with Crippen molar-refractivity contribution in [3.05, 3.63) is 74.8 Å². The minimum atomic E-state index is -0.266. The number of rotatable bonds is 6. The van der Waals surface area contributed by atoms with E-state index in [0.29, 0.717) is 40.8 Å². The zero-order valence-corrected chi connectivity index (χ0v) is 16.8. The van der Waals surface area contributed by atoms with Crippen LogP contribution in [0.3, 0.4) is 0 Å². The lowest BCUT2D eigenvalue weighted by Gasteiger charge is -2.09. The number of aromatic nitrogens is 2. The average Bonchev–Trinajstić information content (AvgIpc) is 2.74. The van der Waals surface area contributed by atoms with Gasteiger partial charge in [0.2, 0.25) is 0 Å². The first-order valence-electron chi connectivity index (χ1n) is 9.18. The van der Waals surface area contributed by atoms with E-state index in [2.05, 4.69) is 22.1 Å². The third kappa shape index (κ3) is 5.19. The van der Waals surface area contributed by atoms with Crippen LogP contribution < -0.4 is 10.9 Å². The average molecular weight is 407 g/mol. The van der Waals surface area contributed by atoms with E-state index in [-0.39, 0.29) is 18.0 Å². The minimum Gasteiger partial charge on any atom is -0.385 e. The second kappa shape index (κ2) is 9.82. The van der Waals surface area contributed by atoms with E-state index >= 15 is 0 Å². The fourth-order valence-electron chi connectivity index (χ4n) is 2.86. The molecule has 1 aromatic heterocycles. The summed E-state index contributed by atoms with van der Waals surface area (Å²) in [6.45, 7) is 1.24. The molecule has 6 nitrogen and oxygen atoms in total. The van der Waals surface area contributed by atoms with Crippen molar-refractivity contribution in [1.29, 1.82) is 0 Å². The summed E-state index contributed by atoms with van der Waals surface area (Å²) in [6, 6.07) is 14.4. The molecular weight excluding hydrogens is 386 g/mol. The molecule has 0 saturated carbocycles. The molecule has 0 aliphatic rings. The minimum absolute atomic E-state index is 0.180. The van der Waals surface area contributed by atoms with Crippen molar-refractivity contribution in [1.82, 2.24) is 14.9 Å². The topological polar surface area (TPSA) is 76.1 Å². The van der Waals surface area contributed by atoms with Gasteiger partial charge in [-0.05, 0) is 49.0 Å². The molecular formula is C22H21N3O3S. The predicted octanol–water partition coefficient (Wildman–Crippen LogP) is 2.88. The molecule has 3 rings (SSSR count). The maximum atomic E-state index is 12.7. The molecule has 0 unspecified atom stereocenters. The molecule has 0 fully saturated rings.